The molecule has 0 aliphatic heterocycles. The molecule has 0 aromatic heterocycles. The maximum absolute atomic E-state index is 2.55. The normalized spacial score (nSPS) is 13.9. The lowest BCUT2D eigenvalue weighted by molar-refractivity contribution is 0.490. The molecule has 66 heavy (non-hydrogen) atoms. The van der Waals surface area contributed by atoms with Crippen LogP contribution in [0.4, 0.5) is 0 Å². The zero-order chi connectivity index (χ0) is 44.6. The van der Waals surface area contributed by atoms with Crippen LogP contribution in [0.2, 0.25) is 0 Å². The summed E-state index contributed by atoms with van der Waals surface area (Å²) in [6.45, 7) is 9.54. The summed E-state index contributed by atoms with van der Waals surface area (Å²) >= 11 is 0. The van der Waals surface area contributed by atoms with Gasteiger partial charge in [-0.1, -0.05) is 198 Å². The number of hydrogen-bond acceptors (Lipinski definition) is 0. The van der Waals surface area contributed by atoms with Crippen molar-refractivity contribution in [1.82, 2.24) is 0 Å². The highest BCUT2D eigenvalue weighted by atomic mass is 14.5. The molecule has 0 saturated heterocycles. The van der Waals surface area contributed by atoms with Gasteiger partial charge in [-0.15, -0.1) is 0 Å². The third-order valence-corrected chi connectivity index (χ3v) is 16.1. The van der Waals surface area contributed by atoms with E-state index in [9.17, 15) is 0 Å². The minimum atomic E-state index is -0.0463. The third kappa shape index (κ3) is 6.19. The van der Waals surface area contributed by atoms with Gasteiger partial charge < -0.3 is 0 Å². The fourth-order valence-electron chi connectivity index (χ4n) is 12.2. The molecule has 10 aromatic carbocycles. The summed E-state index contributed by atoms with van der Waals surface area (Å²) in [5.41, 5.74) is 24.0. The summed E-state index contributed by atoms with van der Waals surface area (Å²) in [6, 6.07) is 78.2. The predicted octanol–water partition coefficient (Wildman–Crippen LogP) is 18.5. The second-order valence-electron chi connectivity index (χ2n) is 18.9. The van der Waals surface area contributed by atoms with E-state index in [0.29, 0.717) is 0 Å². The summed E-state index contributed by atoms with van der Waals surface area (Å²) in [6.07, 6.45) is 4.22. The van der Waals surface area contributed by atoms with E-state index in [4.69, 9.17) is 0 Å². The van der Waals surface area contributed by atoms with Crippen molar-refractivity contribution >= 4 is 21.5 Å². The Balaban J connectivity index is 0.852. The fourth-order valence-corrected chi connectivity index (χ4v) is 12.2. The maximum Gasteiger partial charge on any atom is 0.0210 e. The van der Waals surface area contributed by atoms with Crippen LogP contribution >= 0.6 is 0 Å². The van der Waals surface area contributed by atoms with Crippen LogP contribution < -0.4 is 0 Å². The van der Waals surface area contributed by atoms with Crippen LogP contribution in [-0.4, -0.2) is 0 Å². The molecule has 10 aromatic rings. The van der Waals surface area contributed by atoms with Gasteiger partial charge in [0, 0.05) is 10.8 Å². The first kappa shape index (κ1) is 40.2. The predicted molar refractivity (Wildman–Crippen MR) is 282 cm³/mol. The van der Waals surface area contributed by atoms with E-state index in [1.807, 2.05) is 0 Å². The van der Waals surface area contributed by atoms with E-state index < -0.39 is 0 Å². The zero-order valence-electron chi connectivity index (χ0n) is 38.5. The van der Waals surface area contributed by atoms with Gasteiger partial charge in [0.1, 0.15) is 0 Å². The molecule has 0 unspecified atom stereocenters. The van der Waals surface area contributed by atoms with Crippen LogP contribution in [0, 0.1) is 0 Å². The van der Waals surface area contributed by atoms with E-state index >= 15 is 0 Å². The molecule has 0 radical (unpaired) electrons. The van der Waals surface area contributed by atoms with E-state index in [1.54, 1.807) is 0 Å². The Bertz CT molecular complexity index is 3260. The van der Waals surface area contributed by atoms with Crippen molar-refractivity contribution in [2.75, 3.05) is 0 Å². The fraction of sp³-hybridized carbons (Fsp3) is 0.152. The van der Waals surface area contributed by atoms with E-state index in [0.717, 1.165) is 25.7 Å². The Labute approximate surface area is 390 Å². The van der Waals surface area contributed by atoms with Crippen molar-refractivity contribution in [2.24, 2.45) is 0 Å². The molecule has 0 fully saturated rings. The average molecular weight is 847 g/mol. The van der Waals surface area contributed by atoms with Gasteiger partial charge in [-0.2, -0.15) is 0 Å². The minimum absolute atomic E-state index is 0.0463. The summed E-state index contributed by atoms with van der Waals surface area (Å²) in [5, 5.41) is 5.10. The Morgan fingerprint density at radius 1 is 0.227 bits per heavy atom. The second kappa shape index (κ2) is 15.7. The summed E-state index contributed by atoms with van der Waals surface area (Å²) in [4.78, 5) is 0. The highest BCUT2D eigenvalue weighted by Gasteiger charge is 2.42. The van der Waals surface area contributed by atoms with Crippen molar-refractivity contribution in [1.29, 1.82) is 0 Å². The highest BCUT2D eigenvalue weighted by Crippen LogP contribution is 2.57. The van der Waals surface area contributed by atoms with Gasteiger partial charge in [0.25, 0.3) is 0 Å². The molecule has 12 rings (SSSR count). The number of fused-ring (bicyclic) bond motifs is 8. The molecule has 0 atom stereocenters. The summed E-state index contributed by atoms with van der Waals surface area (Å²) in [7, 11) is 0. The lowest BCUT2D eigenvalue weighted by Gasteiger charge is -2.31. The molecular formula is C66H54. The summed E-state index contributed by atoms with van der Waals surface area (Å²) < 4.78 is 0. The smallest absolute Gasteiger partial charge is 0.0210 e. The van der Waals surface area contributed by atoms with Gasteiger partial charge in [-0.25, -0.2) is 0 Å². The minimum Gasteiger partial charge on any atom is -0.0642 e. The lowest BCUT2D eigenvalue weighted by atomic mass is 9.72. The molecule has 2 aliphatic rings. The molecule has 0 heterocycles. The number of benzene rings is 10. The number of rotatable bonds is 9. The van der Waals surface area contributed by atoms with Crippen molar-refractivity contribution in [3.63, 3.8) is 0 Å². The molecule has 0 nitrogen and oxygen atoms in total. The van der Waals surface area contributed by atoms with Gasteiger partial charge in [0.15, 0.2) is 0 Å². The Kier molecular flexibility index (Phi) is 9.58. The molecule has 0 N–H and O–H groups in total. The Hall–Kier alpha value is -7.28. The average Bonchev–Trinajstić information content (AvgIpc) is 3.83. The third-order valence-electron chi connectivity index (χ3n) is 16.1. The van der Waals surface area contributed by atoms with Gasteiger partial charge in [0.05, 0.1) is 0 Å². The summed E-state index contributed by atoms with van der Waals surface area (Å²) in [5.74, 6) is 0. The van der Waals surface area contributed by atoms with Crippen molar-refractivity contribution < 1.29 is 0 Å². The van der Waals surface area contributed by atoms with Crippen molar-refractivity contribution in [3.8, 4) is 77.9 Å². The van der Waals surface area contributed by atoms with Crippen LogP contribution in [-0.2, 0) is 10.8 Å². The molecule has 0 heteroatoms. The zero-order valence-corrected chi connectivity index (χ0v) is 38.5. The van der Waals surface area contributed by atoms with Gasteiger partial charge in [0.2, 0.25) is 0 Å². The topological polar surface area (TPSA) is 0 Å². The molecule has 0 amide bonds. The van der Waals surface area contributed by atoms with Crippen molar-refractivity contribution in [2.45, 2.75) is 64.2 Å². The molecule has 0 saturated carbocycles. The molecule has 2 aliphatic carbocycles. The van der Waals surface area contributed by atoms with Crippen LogP contribution in [0.25, 0.3) is 99.4 Å². The number of hydrogen-bond donors (Lipinski definition) is 0. The molecular weight excluding hydrogens is 793 g/mol. The highest BCUT2D eigenvalue weighted by molar-refractivity contribution is 5.91. The lowest BCUT2D eigenvalue weighted by Crippen LogP contribution is -2.23. The van der Waals surface area contributed by atoms with Crippen LogP contribution in [0.5, 0.6) is 0 Å². The molecule has 318 valence electrons. The van der Waals surface area contributed by atoms with Gasteiger partial charge in [-0.3, -0.25) is 0 Å². The van der Waals surface area contributed by atoms with Crippen molar-refractivity contribution in [3.05, 3.63) is 229 Å². The van der Waals surface area contributed by atoms with E-state index in [-0.39, 0.29) is 10.8 Å². The van der Waals surface area contributed by atoms with Gasteiger partial charge >= 0.3 is 0 Å². The second-order valence-corrected chi connectivity index (χ2v) is 18.9. The SMILES string of the molecule is CCC1(CC)c2cc(-c3ccc(-c4ccc5ccccc5c4)cc3)ccc2-c2ccc(-c3ccc4c(c3)C(CC)(CC)c3cc(-c5ccc(-c6ccc7ccccc7c6)cc5)ccc3-4)cc21. The van der Waals surface area contributed by atoms with E-state index in [1.165, 1.54) is 122 Å². The monoisotopic (exact) mass is 846 g/mol. The first-order valence-electron chi connectivity index (χ1n) is 24.2. The standard InChI is InChI=1S/C66H54/c1-5-65(6-2)61-39-53(47-21-17-45(18-22-47)51-27-25-43-13-9-11-15-49(43)37-51)29-33-57(61)59-35-31-55(41-63(59)65)56-32-36-60-58-34-30-54(40-62(58)66(7-3,8-4)64(60)42-56)48-23-19-46(20-24-48)52-28-26-44-14-10-12-16-50(44)38-52/h9-42H,5-8H2,1-4H3. The quantitative estimate of drug-likeness (QED) is 0.136. The van der Waals surface area contributed by atoms with Crippen LogP contribution in [0.15, 0.2) is 206 Å². The van der Waals surface area contributed by atoms with Gasteiger partial charge in [-0.05, 0) is 184 Å². The van der Waals surface area contributed by atoms with Crippen LogP contribution in [0.3, 0.4) is 0 Å². The molecule has 0 spiro atoms. The Morgan fingerprint density at radius 3 is 0.742 bits per heavy atom. The molecule has 0 bridgehead atoms. The first-order valence-corrected chi connectivity index (χ1v) is 24.2. The van der Waals surface area contributed by atoms with Crippen LogP contribution in [0.1, 0.15) is 75.6 Å². The largest absolute Gasteiger partial charge is 0.0642 e. The van der Waals surface area contributed by atoms with E-state index in [2.05, 4.69) is 234 Å². The maximum atomic E-state index is 2.55. The Morgan fingerprint density at radius 2 is 0.455 bits per heavy atom. The first-order chi connectivity index (χ1) is 32.4.